The number of hydrogen-bond donors (Lipinski definition) is 3. The van der Waals surface area contributed by atoms with Crippen molar-refractivity contribution in [1.82, 2.24) is 15.0 Å². The van der Waals surface area contributed by atoms with Gasteiger partial charge in [-0.2, -0.15) is 15.0 Å². The van der Waals surface area contributed by atoms with E-state index in [2.05, 4.69) is 52.5 Å². The summed E-state index contributed by atoms with van der Waals surface area (Å²) in [6, 6.07) is 10.2. The van der Waals surface area contributed by atoms with Crippen LogP contribution in [0.1, 0.15) is 121 Å². The van der Waals surface area contributed by atoms with Gasteiger partial charge in [0.2, 0.25) is 17.8 Å². The number of nitrogens with zero attached hydrogens (tertiary/aromatic N) is 3. The van der Waals surface area contributed by atoms with Crippen LogP contribution in [0.4, 0.5) is 17.8 Å². The lowest BCUT2D eigenvalue weighted by atomic mass is 10.1. The van der Waals surface area contributed by atoms with E-state index < -0.39 is 0 Å². The summed E-state index contributed by atoms with van der Waals surface area (Å²) in [5.74, 6) is 1.53. The Bertz CT molecular complexity index is 968. The van der Waals surface area contributed by atoms with Gasteiger partial charge in [0.25, 0.3) is 0 Å². The third-order valence-electron chi connectivity index (χ3n) is 7.57. The van der Waals surface area contributed by atoms with Crippen molar-refractivity contribution in [3.63, 3.8) is 0 Å². The number of carbonyl (C=O) groups excluding carboxylic acids is 2. The van der Waals surface area contributed by atoms with Crippen molar-refractivity contribution in [3.05, 3.63) is 35.9 Å². The molecule has 1 heterocycles. The molecule has 2 aromatic rings. The van der Waals surface area contributed by atoms with Gasteiger partial charge in [-0.1, -0.05) is 107 Å². The zero-order chi connectivity index (χ0) is 31.5. The van der Waals surface area contributed by atoms with Crippen LogP contribution in [0.3, 0.4) is 0 Å². The minimum Gasteiger partial charge on any atom is -0.469 e. The summed E-state index contributed by atoms with van der Waals surface area (Å²) in [6.07, 6.45) is 19.2. The quantitative estimate of drug-likeness (QED) is 0.0683. The molecule has 1 aromatic heterocycles. The smallest absolute Gasteiger partial charge is 0.305 e. The Hall–Kier alpha value is -3.43. The van der Waals surface area contributed by atoms with Crippen molar-refractivity contribution >= 4 is 29.8 Å². The molecule has 0 amide bonds. The average Bonchev–Trinajstić information content (AvgIpc) is 3.05. The lowest BCUT2D eigenvalue weighted by molar-refractivity contribution is -0.141. The molecule has 3 N–H and O–H groups in total. The molecule has 0 radical (unpaired) electrons. The van der Waals surface area contributed by atoms with Gasteiger partial charge in [-0.15, -0.1) is 0 Å². The second-order valence-corrected chi connectivity index (χ2v) is 11.3. The fraction of sp³-hybridized carbons (Fsp3) is 0.676. The van der Waals surface area contributed by atoms with E-state index in [9.17, 15) is 9.59 Å². The Morgan fingerprint density at radius 2 is 0.886 bits per heavy atom. The van der Waals surface area contributed by atoms with E-state index >= 15 is 0 Å². The summed E-state index contributed by atoms with van der Waals surface area (Å²) >= 11 is 0. The number of unbranched alkanes of at least 4 members (excludes halogenated alkanes) is 14. The maximum atomic E-state index is 11.2. The van der Waals surface area contributed by atoms with Crippen LogP contribution < -0.4 is 16.0 Å². The van der Waals surface area contributed by atoms with Gasteiger partial charge in [0.05, 0.1) is 14.2 Å². The molecule has 1 aromatic carbocycles. The molecule has 0 saturated carbocycles. The Morgan fingerprint density at radius 1 is 0.523 bits per heavy atom. The zero-order valence-electron chi connectivity index (χ0n) is 27.2. The van der Waals surface area contributed by atoms with Gasteiger partial charge in [-0.05, 0) is 31.2 Å². The summed E-state index contributed by atoms with van der Waals surface area (Å²) in [7, 11) is 2.89. The van der Waals surface area contributed by atoms with E-state index in [0.717, 1.165) is 64.5 Å². The lowest BCUT2D eigenvalue weighted by Crippen LogP contribution is -2.13. The Kier molecular flexibility index (Phi) is 20.8. The highest BCUT2D eigenvalue weighted by molar-refractivity contribution is 5.69. The number of aromatic nitrogens is 3. The number of rotatable bonds is 27. The number of hydrogen-bond acceptors (Lipinski definition) is 10. The van der Waals surface area contributed by atoms with E-state index in [0.29, 0.717) is 37.2 Å². The molecular weight excluding hydrogens is 556 g/mol. The second-order valence-electron chi connectivity index (χ2n) is 11.3. The van der Waals surface area contributed by atoms with Gasteiger partial charge >= 0.3 is 11.9 Å². The minimum absolute atomic E-state index is 0.110. The molecule has 0 fully saturated rings. The van der Waals surface area contributed by atoms with Crippen molar-refractivity contribution in [2.24, 2.45) is 0 Å². The molecule has 2 rings (SSSR count). The molecule has 0 spiro atoms. The number of ether oxygens (including phenoxy) is 2. The Balaban J connectivity index is 1.66. The van der Waals surface area contributed by atoms with Gasteiger partial charge in [-0.25, -0.2) is 0 Å². The van der Waals surface area contributed by atoms with Crippen LogP contribution in [0.5, 0.6) is 0 Å². The molecule has 0 atom stereocenters. The monoisotopic (exact) mass is 612 g/mol. The van der Waals surface area contributed by atoms with Crippen molar-refractivity contribution in [1.29, 1.82) is 0 Å². The molecule has 10 nitrogen and oxygen atoms in total. The van der Waals surface area contributed by atoms with E-state index in [1.807, 2.05) is 18.2 Å². The largest absolute Gasteiger partial charge is 0.469 e. The third kappa shape index (κ3) is 19.0. The maximum Gasteiger partial charge on any atom is 0.305 e. The lowest BCUT2D eigenvalue weighted by Gasteiger charge is -2.12. The number of carbonyl (C=O) groups is 2. The van der Waals surface area contributed by atoms with Crippen molar-refractivity contribution in [2.75, 3.05) is 43.3 Å². The summed E-state index contributed by atoms with van der Waals surface area (Å²) in [6.45, 7) is 2.29. The first kappa shape index (κ1) is 36.8. The first-order valence-corrected chi connectivity index (χ1v) is 16.8. The van der Waals surface area contributed by atoms with Crippen LogP contribution in [-0.4, -0.2) is 54.2 Å². The summed E-state index contributed by atoms with van der Waals surface area (Å²) < 4.78 is 9.37. The standard InChI is InChI=1S/C34H56N6O4/c1-43-30(41)24-18-11-7-3-5-9-13-20-26-35-32-38-33(40-34(39-32)37-28-29-22-16-15-17-23-29)36-27-21-14-10-6-4-8-12-19-25-31(42)44-2/h15-17,22-23H,3-14,18-21,24-28H2,1-2H3,(H3,35,36,37,38,39,40). The predicted molar refractivity (Wildman–Crippen MR) is 178 cm³/mol. The van der Waals surface area contributed by atoms with Crippen LogP contribution in [0.15, 0.2) is 30.3 Å². The number of benzene rings is 1. The number of anilines is 3. The van der Waals surface area contributed by atoms with Crippen molar-refractivity contribution in [2.45, 2.75) is 122 Å². The fourth-order valence-corrected chi connectivity index (χ4v) is 4.90. The highest BCUT2D eigenvalue weighted by Crippen LogP contribution is 2.14. The summed E-state index contributed by atoms with van der Waals surface area (Å²) in [4.78, 5) is 36.2. The van der Waals surface area contributed by atoms with Crippen LogP contribution >= 0.6 is 0 Å². The second kappa shape index (κ2) is 25.0. The summed E-state index contributed by atoms with van der Waals surface area (Å²) in [5.41, 5.74) is 1.17. The van der Waals surface area contributed by atoms with Gasteiger partial charge < -0.3 is 25.4 Å². The Morgan fingerprint density at radius 3 is 1.30 bits per heavy atom. The molecule has 0 bridgehead atoms. The van der Waals surface area contributed by atoms with Crippen molar-refractivity contribution < 1.29 is 19.1 Å². The highest BCUT2D eigenvalue weighted by Gasteiger charge is 2.07. The van der Waals surface area contributed by atoms with Crippen LogP contribution in [0.25, 0.3) is 0 Å². The van der Waals surface area contributed by atoms with E-state index in [-0.39, 0.29) is 11.9 Å². The Labute approximate surface area is 264 Å². The number of methoxy groups -OCH3 is 2. The summed E-state index contributed by atoms with van der Waals surface area (Å²) in [5, 5.41) is 10.1. The number of esters is 2. The normalized spacial score (nSPS) is 10.8. The maximum absolute atomic E-state index is 11.2. The minimum atomic E-state index is -0.110. The van der Waals surface area contributed by atoms with E-state index in [1.165, 1.54) is 71.1 Å². The van der Waals surface area contributed by atoms with Crippen LogP contribution in [0.2, 0.25) is 0 Å². The highest BCUT2D eigenvalue weighted by atomic mass is 16.5. The first-order valence-electron chi connectivity index (χ1n) is 16.8. The molecule has 0 aliphatic carbocycles. The molecule has 0 unspecified atom stereocenters. The topological polar surface area (TPSA) is 127 Å². The van der Waals surface area contributed by atoms with Crippen LogP contribution in [0, 0.1) is 0 Å². The average molecular weight is 613 g/mol. The fourth-order valence-electron chi connectivity index (χ4n) is 4.90. The molecule has 44 heavy (non-hydrogen) atoms. The van der Waals surface area contributed by atoms with Gasteiger partial charge in [0, 0.05) is 32.5 Å². The molecule has 0 aliphatic rings. The van der Waals surface area contributed by atoms with Gasteiger partial charge in [-0.3, -0.25) is 9.59 Å². The SMILES string of the molecule is COC(=O)CCCCCCCCCCNc1nc(NCCCCCCCCCCC(=O)OC)nc(NCc2ccccc2)n1. The molecule has 0 aliphatic heterocycles. The zero-order valence-corrected chi connectivity index (χ0v) is 27.2. The van der Waals surface area contributed by atoms with Gasteiger partial charge in [0.15, 0.2) is 0 Å². The van der Waals surface area contributed by atoms with E-state index in [1.54, 1.807) is 0 Å². The first-order chi connectivity index (χ1) is 21.6. The van der Waals surface area contributed by atoms with Gasteiger partial charge in [0.1, 0.15) is 0 Å². The molecule has 0 saturated heterocycles. The van der Waals surface area contributed by atoms with E-state index in [4.69, 9.17) is 0 Å². The number of nitrogens with one attached hydrogen (secondary N) is 3. The molecular formula is C34H56N6O4. The van der Waals surface area contributed by atoms with Crippen LogP contribution in [-0.2, 0) is 25.6 Å². The molecule has 246 valence electrons. The third-order valence-corrected chi connectivity index (χ3v) is 7.57. The predicted octanol–water partition coefficient (Wildman–Crippen LogP) is 7.68. The van der Waals surface area contributed by atoms with Crippen molar-refractivity contribution in [3.8, 4) is 0 Å². The molecule has 10 heteroatoms.